The molecule has 140 valence electrons. The third-order valence-electron chi connectivity index (χ3n) is 3.73. The number of nitro benzene ring substituents is 1. The summed E-state index contributed by atoms with van der Waals surface area (Å²) in [4.78, 5) is 38.9. The Bertz CT molecular complexity index is 1040. The number of nitro groups is 1. The van der Waals surface area contributed by atoms with Gasteiger partial charge in [-0.25, -0.2) is 0 Å². The second-order valence-corrected chi connectivity index (χ2v) is 6.08. The van der Waals surface area contributed by atoms with Crippen molar-refractivity contribution in [2.45, 2.75) is 0 Å². The summed E-state index contributed by atoms with van der Waals surface area (Å²) >= 11 is 5.75. The minimum absolute atomic E-state index is 0.118. The summed E-state index contributed by atoms with van der Waals surface area (Å²) < 4.78 is 0. The van der Waals surface area contributed by atoms with Crippen LogP contribution in [0.15, 0.2) is 67.0 Å². The van der Waals surface area contributed by atoms with E-state index in [0.717, 1.165) is 6.07 Å². The topological polar surface area (TPSA) is 114 Å². The number of hydrogen-bond acceptors (Lipinski definition) is 5. The molecule has 0 unspecified atom stereocenters. The number of carbonyl (C=O) groups is 2. The summed E-state index contributed by atoms with van der Waals surface area (Å²) in [5, 5.41) is 16.5. The first-order valence-electron chi connectivity index (χ1n) is 8.01. The van der Waals surface area contributed by atoms with Crippen LogP contribution >= 0.6 is 11.6 Å². The molecule has 2 N–H and O–H groups in total. The molecule has 0 radical (unpaired) electrons. The Labute approximate surface area is 164 Å². The second-order valence-electron chi connectivity index (χ2n) is 5.65. The van der Waals surface area contributed by atoms with E-state index < -0.39 is 16.5 Å². The molecular formula is C19H13ClN4O4. The van der Waals surface area contributed by atoms with Gasteiger partial charge in [-0.15, -0.1) is 0 Å². The zero-order valence-electron chi connectivity index (χ0n) is 14.3. The van der Waals surface area contributed by atoms with Crippen molar-refractivity contribution in [3.8, 4) is 0 Å². The molecule has 3 aromatic rings. The first-order valence-corrected chi connectivity index (χ1v) is 8.38. The highest BCUT2D eigenvalue weighted by molar-refractivity contribution is 6.31. The van der Waals surface area contributed by atoms with E-state index in [1.807, 2.05) is 0 Å². The zero-order valence-corrected chi connectivity index (χ0v) is 15.0. The zero-order chi connectivity index (χ0) is 20.1. The van der Waals surface area contributed by atoms with Crippen LogP contribution in [0.4, 0.5) is 17.1 Å². The molecule has 0 aliphatic carbocycles. The highest BCUT2D eigenvalue weighted by Gasteiger charge is 2.20. The van der Waals surface area contributed by atoms with Crippen molar-refractivity contribution in [1.29, 1.82) is 0 Å². The number of benzene rings is 2. The first kappa shape index (κ1) is 19.0. The lowest BCUT2D eigenvalue weighted by atomic mass is 10.1. The maximum absolute atomic E-state index is 12.4. The molecule has 0 aliphatic heterocycles. The lowest BCUT2D eigenvalue weighted by Crippen LogP contribution is -2.15. The molecule has 0 spiro atoms. The minimum Gasteiger partial charge on any atom is -0.322 e. The number of aromatic nitrogens is 1. The number of amides is 2. The molecular weight excluding hydrogens is 384 g/mol. The molecule has 28 heavy (non-hydrogen) atoms. The molecule has 2 amide bonds. The lowest BCUT2D eigenvalue weighted by Gasteiger charge is -2.08. The van der Waals surface area contributed by atoms with E-state index in [2.05, 4.69) is 15.6 Å². The van der Waals surface area contributed by atoms with Crippen molar-refractivity contribution in [2.24, 2.45) is 0 Å². The largest absolute Gasteiger partial charge is 0.322 e. The summed E-state index contributed by atoms with van der Waals surface area (Å²) in [5.74, 6) is -0.991. The van der Waals surface area contributed by atoms with Gasteiger partial charge in [-0.3, -0.25) is 24.7 Å². The summed E-state index contributed by atoms with van der Waals surface area (Å²) in [7, 11) is 0. The first-order chi connectivity index (χ1) is 13.4. The molecule has 0 aliphatic rings. The van der Waals surface area contributed by atoms with Gasteiger partial charge in [-0.05, 0) is 48.5 Å². The summed E-state index contributed by atoms with van der Waals surface area (Å²) in [5.41, 5.74) is 0.802. The van der Waals surface area contributed by atoms with E-state index in [1.54, 1.807) is 18.3 Å². The van der Waals surface area contributed by atoms with Gasteiger partial charge in [-0.1, -0.05) is 11.6 Å². The van der Waals surface area contributed by atoms with E-state index in [9.17, 15) is 19.7 Å². The summed E-state index contributed by atoms with van der Waals surface area (Å²) in [6.45, 7) is 0. The SMILES string of the molecule is O=C(Nc1cccnc1)c1ccc(NC(=O)c2ccc(Cl)cc2[N+](=O)[O-])cc1. The van der Waals surface area contributed by atoms with Gasteiger partial charge in [-0.2, -0.15) is 0 Å². The van der Waals surface area contributed by atoms with Gasteiger partial charge in [0, 0.05) is 28.5 Å². The van der Waals surface area contributed by atoms with Gasteiger partial charge in [0.05, 0.1) is 16.8 Å². The summed E-state index contributed by atoms with van der Waals surface area (Å²) in [6.07, 6.45) is 3.11. The molecule has 1 heterocycles. The molecule has 0 fully saturated rings. The fourth-order valence-electron chi connectivity index (χ4n) is 2.39. The van der Waals surface area contributed by atoms with Crippen molar-refractivity contribution >= 4 is 40.5 Å². The van der Waals surface area contributed by atoms with E-state index in [1.165, 1.54) is 42.6 Å². The Morgan fingerprint density at radius 3 is 2.32 bits per heavy atom. The van der Waals surface area contributed by atoms with Crippen molar-refractivity contribution in [3.63, 3.8) is 0 Å². The van der Waals surface area contributed by atoms with Crippen LogP contribution in [0, 0.1) is 10.1 Å². The van der Waals surface area contributed by atoms with E-state index >= 15 is 0 Å². The third-order valence-corrected chi connectivity index (χ3v) is 3.96. The Balaban J connectivity index is 1.71. The van der Waals surface area contributed by atoms with Crippen LogP contribution in [0.2, 0.25) is 5.02 Å². The maximum atomic E-state index is 12.4. The van der Waals surface area contributed by atoms with E-state index in [4.69, 9.17) is 11.6 Å². The predicted octanol–water partition coefficient (Wildman–Crippen LogP) is 4.15. The highest BCUT2D eigenvalue weighted by Crippen LogP contribution is 2.24. The number of pyridine rings is 1. The van der Waals surface area contributed by atoms with E-state index in [0.29, 0.717) is 16.9 Å². The van der Waals surface area contributed by atoms with Crippen molar-refractivity contribution in [2.75, 3.05) is 10.6 Å². The van der Waals surface area contributed by atoms with Crippen LogP contribution in [0.1, 0.15) is 20.7 Å². The molecule has 0 saturated heterocycles. The van der Waals surface area contributed by atoms with Crippen LogP contribution < -0.4 is 10.6 Å². The van der Waals surface area contributed by atoms with Gasteiger partial charge in [0.25, 0.3) is 17.5 Å². The van der Waals surface area contributed by atoms with Crippen molar-refractivity contribution in [3.05, 3.63) is 93.3 Å². The predicted molar refractivity (Wildman–Crippen MR) is 105 cm³/mol. The molecule has 2 aromatic carbocycles. The number of rotatable bonds is 5. The Hall–Kier alpha value is -3.78. The lowest BCUT2D eigenvalue weighted by molar-refractivity contribution is -0.385. The minimum atomic E-state index is -0.674. The van der Waals surface area contributed by atoms with Gasteiger partial charge in [0.2, 0.25) is 0 Å². The number of carbonyl (C=O) groups excluding carboxylic acids is 2. The molecule has 0 saturated carbocycles. The van der Waals surface area contributed by atoms with Crippen LogP contribution in [-0.4, -0.2) is 21.7 Å². The molecule has 0 bridgehead atoms. The van der Waals surface area contributed by atoms with Crippen molar-refractivity contribution < 1.29 is 14.5 Å². The molecule has 0 atom stereocenters. The quantitative estimate of drug-likeness (QED) is 0.496. The number of hydrogen-bond donors (Lipinski definition) is 2. The number of anilines is 2. The van der Waals surface area contributed by atoms with Gasteiger partial charge in [0.15, 0.2) is 0 Å². The fraction of sp³-hybridized carbons (Fsp3) is 0. The Kier molecular flexibility index (Phi) is 5.61. The van der Waals surface area contributed by atoms with E-state index in [-0.39, 0.29) is 16.5 Å². The highest BCUT2D eigenvalue weighted by atomic mass is 35.5. The number of nitrogens with zero attached hydrogens (tertiary/aromatic N) is 2. The third kappa shape index (κ3) is 4.49. The Morgan fingerprint density at radius 1 is 0.964 bits per heavy atom. The van der Waals surface area contributed by atoms with Crippen LogP contribution in [0.5, 0.6) is 0 Å². The van der Waals surface area contributed by atoms with Gasteiger partial charge >= 0.3 is 0 Å². The number of nitrogens with one attached hydrogen (secondary N) is 2. The average molecular weight is 397 g/mol. The fourth-order valence-corrected chi connectivity index (χ4v) is 2.56. The van der Waals surface area contributed by atoms with Crippen LogP contribution in [0.3, 0.4) is 0 Å². The molecule has 3 rings (SSSR count). The van der Waals surface area contributed by atoms with Crippen molar-refractivity contribution in [1.82, 2.24) is 4.98 Å². The molecule has 1 aromatic heterocycles. The molecule has 8 nitrogen and oxygen atoms in total. The Morgan fingerprint density at radius 2 is 1.68 bits per heavy atom. The van der Waals surface area contributed by atoms with Gasteiger partial charge < -0.3 is 10.6 Å². The summed E-state index contributed by atoms with van der Waals surface area (Å²) in [6, 6.07) is 13.3. The standard InChI is InChI=1S/C19H13ClN4O4/c20-13-5-8-16(17(10-13)24(27)28)19(26)22-14-6-3-12(4-7-14)18(25)23-15-2-1-9-21-11-15/h1-11H,(H,22,26)(H,23,25). The number of halogens is 1. The second kappa shape index (κ2) is 8.28. The molecule has 9 heteroatoms. The normalized spacial score (nSPS) is 10.2. The van der Waals surface area contributed by atoms with Gasteiger partial charge in [0.1, 0.15) is 5.56 Å². The van der Waals surface area contributed by atoms with Crippen LogP contribution in [-0.2, 0) is 0 Å². The van der Waals surface area contributed by atoms with Crippen LogP contribution in [0.25, 0.3) is 0 Å². The average Bonchev–Trinajstić information content (AvgIpc) is 2.69. The maximum Gasteiger partial charge on any atom is 0.283 e. The monoisotopic (exact) mass is 396 g/mol. The smallest absolute Gasteiger partial charge is 0.283 e.